The van der Waals surface area contributed by atoms with E-state index in [1.807, 2.05) is 6.20 Å². The monoisotopic (exact) mass is 177 g/mol. The molecule has 70 valence electrons. The molecule has 0 N–H and O–H groups in total. The van der Waals surface area contributed by atoms with Crippen LogP contribution in [0.1, 0.15) is 38.1 Å². The molecule has 1 aromatic rings. The fraction of sp³-hybridized carbons (Fsp3) is 0.545. The maximum absolute atomic E-state index is 5.18. The molecule has 13 heavy (non-hydrogen) atoms. The van der Waals surface area contributed by atoms with Crippen LogP contribution < -0.4 is 0 Å². The largest absolute Gasteiger partial charge is 0.368 e. The Labute approximate surface area is 78.9 Å². The summed E-state index contributed by atoms with van der Waals surface area (Å²) in [5, 5.41) is 0. The van der Waals surface area contributed by atoms with E-state index >= 15 is 0 Å². The Morgan fingerprint density at radius 1 is 1.38 bits per heavy atom. The van der Waals surface area contributed by atoms with Gasteiger partial charge >= 0.3 is 0 Å². The molecule has 0 saturated carbocycles. The smallest absolute Gasteiger partial charge is 0.107 e. The molecule has 1 aromatic heterocycles. The van der Waals surface area contributed by atoms with Gasteiger partial charge in [0.05, 0.1) is 6.61 Å². The van der Waals surface area contributed by atoms with E-state index in [-0.39, 0.29) is 5.41 Å². The van der Waals surface area contributed by atoms with Crippen LogP contribution in [0.2, 0.25) is 0 Å². The highest BCUT2D eigenvalue weighted by molar-refractivity contribution is 5.22. The van der Waals surface area contributed by atoms with Gasteiger partial charge in [-0.05, 0) is 6.07 Å². The summed E-state index contributed by atoms with van der Waals surface area (Å²) in [7, 11) is 0. The van der Waals surface area contributed by atoms with Crippen molar-refractivity contribution in [2.45, 2.75) is 32.3 Å². The third-order valence-corrected chi connectivity index (χ3v) is 2.26. The molecular weight excluding hydrogens is 162 g/mol. The van der Waals surface area contributed by atoms with Gasteiger partial charge in [-0.15, -0.1) is 0 Å². The van der Waals surface area contributed by atoms with Crippen LogP contribution in [0, 0.1) is 0 Å². The van der Waals surface area contributed by atoms with E-state index < -0.39 is 0 Å². The van der Waals surface area contributed by atoms with Crippen molar-refractivity contribution < 1.29 is 4.74 Å². The summed E-state index contributed by atoms with van der Waals surface area (Å²) in [4.78, 5) is 4.43. The van der Waals surface area contributed by atoms with Crippen LogP contribution in [-0.4, -0.2) is 11.6 Å². The Morgan fingerprint density at radius 2 is 2.08 bits per heavy atom. The predicted octanol–water partition coefficient (Wildman–Crippen LogP) is 2.45. The van der Waals surface area contributed by atoms with Crippen molar-refractivity contribution in [3.63, 3.8) is 0 Å². The molecule has 2 heterocycles. The van der Waals surface area contributed by atoms with E-state index in [1.54, 1.807) is 0 Å². The van der Waals surface area contributed by atoms with Gasteiger partial charge in [0.25, 0.3) is 0 Å². The van der Waals surface area contributed by atoms with Crippen LogP contribution in [0.5, 0.6) is 0 Å². The molecule has 2 heteroatoms. The zero-order chi connectivity index (χ0) is 9.47. The topological polar surface area (TPSA) is 25.4 Å². The Morgan fingerprint density at radius 3 is 2.46 bits per heavy atom. The van der Waals surface area contributed by atoms with Gasteiger partial charge in [-0.25, -0.2) is 0 Å². The van der Waals surface area contributed by atoms with Crippen LogP contribution in [0.25, 0.3) is 0 Å². The molecule has 1 atom stereocenters. The summed E-state index contributed by atoms with van der Waals surface area (Å²) in [6.07, 6.45) is 2.25. The van der Waals surface area contributed by atoms with Crippen molar-refractivity contribution in [1.82, 2.24) is 4.98 Å². The number of aromatic nitrogens is 1. The minimum atomic E-state index is 0.142. The molecule has 0 aliphatic carbocycles. The van der Waals surface area contributed by atoms with E-state index in [1.165, 1.54) is 5.56 Å². The average Bonchev–Trinajstić information content (AvgIpc) is 2.85. The maximum Gasteiger partial charge on any atom is 0.107 e. The van der Waals surface area contributed by atoms with Gasteiger partial charge in [0.2, 0.25) is 0 Å². The fourth-order valence-corrected chi connectivity index (χ4v) is 1.28. The van der Waals surface area contributed by atoms with E-state index in [9.17, 15) is 0 Å². The Balaban J connectivity index is 2.22. The maximum atomic E-state index is 5.18. The lowest BCUT2D eigenvalue weighted by Crippen LogP contribution is -2.13. The average molecular weight is 177 g/mol. The Bertz CT molecular complexity index is 293. The third kappa shape index (κ3) is 1.89. The van der Waals surface area contributed by atoms with E-state index in [4.69, 9.17) is 4.74 Å². The van der Waals surface area contributed by atoms with Crippen molar-refractivity contribution in [3.05, 3.63) is 29.6 Å². The number of ether oxygens (including phenoxy) is 1. The minimum Gasteiger partial charge on any atom is -0.368 e. The molecule has 1 saturated heterocycles. The summed E-state index contributed by atoms with van der Waals surface area (Å²) in [5.74, 6) is 0. The summed E-state index contributed by atoms with van der Waals surface area (Å²) in [5.41, 5.74) is 2.48. The quantitative estimate of drug-likeness (QED) is 0.616. The minimum absolute atomic E-state index is 0.142. The van der Waals surface area contributed by atoms with E-state index in [0.717, 1.165) is 12.3 Å². The van der Waals surface area contributed by atoms with Crippen molar-refractivity contribution in [1.29, 1.82) is 0 Å². The van der Waals surface area contributed by atoms with Crippen molar-refractivity contribution in [3.8, 4) is 0 Å². The molecule has 2 nitrogen and oxygen atoms in total. The van der Waals surface area contributed by atoms with Crippen LogP contribution in [0.4, 0.5) is 0 Å². The zero-order valence-corrected chi connectivity index (χ0v) is 8.37. The normalized spacial score (nSPS) is 21.6. The molecule has 1 aliphatic rings. The highest BCUT2D eigenvalue weighted by Crippen LogP contribution is 2.30. The Kier molecular flexibility index (Phi) is 1.88. The van der Waals surface area contributed by atoms with Gasteiger partial charge in [-0.2, -0.15) is 0 Å². The van der Waals surface area contributed by atoms with Gasteiger partial charge in [-0.3, -0.25) is 4.98 Å². The molecule has 0 amide bonds. The van der Waals surface area contributed by atoms with Crippen molar-refractivity contribution >= 4 is 0 Å². The predicted molar refractivity (Wildman–Crippen MR) is 51.6 cm³/mol. The van der Waals surface area contributed by atoms with Gasteiger partial charge in [0, 0.05) is 22.9 Å². The second kappa shape index (κ2) is 2.81. The summed E-state index contributed by atoms with van der Waals surface area (Å²) >= 11 is 0. The number of nitrogens with zero attached hydrogens (tertiary/aromatic N) is 1. The molecular formula is C11H15NO. The highest BCUT2D eigenvalue weighted by atomic mass is 16.6. The first-order chi connectivity index (χ1) is 6.07. The third-order valence-electron chi connectivity index (χ3n) is 2.26. The standard InChI is InChI=1S/C11H15NO/c1-11(2,3)10-5-4-8(6-12-10)9-7-13-9/h4-6,9H,7H2,1-3H3. The molecule has 0 aromatic carbocycles. The van der Waals surface area contributed by atoms with Gasteiger partial charge in [0.15, 0.2) is 0 Å². The lowest BCUT2D eigenvalue weighted by Gasteiger charge is -2.17. The number of hydrogen-bond donors (Lipinski definition) is 0. The zero-order valence-electron chi connectivity index (χ0n) is 8.37. The van der Waals surface area contributed by atoms with E-state index in [2.05, 4.69) is 37.9 Å². The first-order valence-electron chi connectivity index (χ1n) is 4.65. The SMILES string of the molecule is CC(C)(C)c1ccc(C2CO2)cn1. The summed E-state index contributed by atoms with van der Waals surface area (Å²) < 4.78 is 5.18. The molecule has 1 aliphatic heterocycles. The molecule has 1 fully saturated rings. The van der Waals surface area contributed by atoms with E-state index in [0.29, 0.717) is 6.10 Å². The number of pyridine rings is 1. The van der Waals surface area contributed by atoms with Gasteiger partial charge < -0.3 is 4.74 Å². The second-order valence-corrected chi connectivity index (χ2v) is 4.55. The Hall–Kier alpha value is -0.890. The van der Waals surface area contributed by atoms with Crippen LogP contribution in [-0.2, 0) is 10.2 Å². The lowest BCUT2D eigenvalue weighted by molar-refractivity contribution is 0.415. The van der Waals surface area contributed by atoms with Crippen LogP contribution >= 0.6 is 0 Å². The first kappa shape index (κ1) is 8.70. The van der Waals surface area contributed by atoms with Gasteiger partial charge in [-0.1, -0.05) is 26.8 Å². The van der Waals surface area contributed by atoms with Gasteiger partial charge in [0.1, 0.15) is 6.10 Å². The summed E-state index contributed by atoms with van der Waals surface area (Å²) in [6, 6.07) is 4.21. The summed E-state index contributed by atoms with van der Waals surface area (Å²) in [6.45, 7) is 7.37. The first-order valence-corrected chi connectivity index (χ1v) is 4.65. The molecule has 0 bridgehead atoms. The fourth-order valence-electron chi connectivity index (χ4n) is 1.28. The van der Waals surface area contributed by atoms with Crippen molar-refractivity contribution in [2.24, 2.45) is 0 Å². The van der Waals surface area contributed by atoms with Crippen molar-refractivity contribution in [2.75, 3.05) is 6.61 Å². The number of epoxide rings is 1. The molecule has 2 rings (SSSR count). The molecule has 0 radical (unpaired) electrons. The highest BCUT2D eigenvalue weighted by Gasteiger charge is 2.25. The van der Waals surface area contributed by atoms with Crippen LogP contribution in [0.15, 0.2) is 18.3 Å². The molecule has 0 spiro atoms. The second-order valence-electron chi connectivity index (χ2n) is 4.55. The van der Waals surface area contributed by atoms with Crippen LogP contribution in [0.3, 0.4) is 0 Å². The molecule has 1 unspecified atom stereocenters. The lowest BCUT2D eigenvalue weighted by atomic mass is 9.91. The number of rotatable bonds is 1. The number of hydrogen-bond acceptors (Lipinski definition) is 2.